The van der Waals surface area contributed by atoms with E-state index in [0.717, 1.165) is 25.8 Å². The van der Waals surface area contributed by atoms with Gasteiger partial charge in [-0.1, -0.05) is 6.92 Å². The normalized spacial score (nSPS) is 18.4. The van der Waals surface area contributed by atoms with E-state index in [-0.39, 0.29) is 36.7 Å². The highest BCUT2D eigenvalue weighted by Gasteiger charge is 2.31. The zero-order valence-corrected chi connectivity index (χ0v) is 13.9. The fraction of sp³-hybridized carbons (Fsp3) is 0.812. The molecule has 1 N–H and O–H groups in total. The van der Waals surface area contributed by atoms with Gasteiger partial charge in [0.1, 0.15) is 0 Å². The van der Waals surface area contributed by atoms with Gasteiger partial charge in [-0.05, 0) is 33.1 Å². The van der Waals surface area contributed by atoms with Crippen LogP contribution in [0.2, 0.25) is 0 Å². The van der Waals surface area contributed by atoms with E-state index in [4.69, 9.17) is 5.11 Å². The molecule has 0 aromatic carbocycles. The van der Waals surface area contributed by atoms with Crippen LogP contribution in [-0.4, -0.2) is 58.4 Å². The molecule has 1 saturated heterocycles. The Morgan fingerprint density at radius 2 is 1.95 bits per heavy atom. The lowest BCUT2D eigenvalue weighted by molar-refractivity contribution is -0.143. The van der Waals surface area contributed by atoms with Crippen LogP contribution >= 0.6 is 0 Å². The molecule has 22 heavy (non-hydrogen) atoms. The minimum atomic E-state index is -0.901. The van der Waals surface area contributed by atoms with Crippen LogP contribution in [0.25, 0.3) is 0 Å². The highest BCUT2D eigenvalue weighted by Crippen LogP contribution is 2.21. The summed E-state index contributed by atoms with van der Waals surface area (Å²) in [5, 5.41) is 8.82. The predicted octanol–water partition coefficient (Wildman–Crippen LogP) is 1.74. The minimum absolute atomic E-state index is 0.0229. The van der Waals surface area contributed by atoms with Crippen LogP contribution in [0.5, 0.6) is 0 Å². The number of likely N-dealkylation sites (tertiary alicyclic amines) is 1. The first-order valence-corrected chi connectivity index (χ1v) is 8.16. The van der Waals surface area contributed by atoms with Gasteiger partial charge in [0, 0.05) is 32.1 Å². The number of nitrogens with zero attached hydrogens (tertiary/aromatic N) is 2. The standard InChI is InChI=1S/C16H28N2O4/c1-4-6-14(19)17-9-5-7-13(11-17)16(22)18(12(2)3)10-8-15(20)21/h12-13H,4-11H2,1-3H3,(H,20,21). The largest absolute Gasteiger partial charge is 0.481 e. The molecule has 6 heteroatoms. The number of amides is 2. The molecule has 0 aliphatic carbocycles. The van der Waals surface area contributed by atoms with Crippen LogP contribution in [0.3, 0.4) is 0 Å². The van der Waals surface area contributed by atoms with Crippen LogP contribution in [-0.2, 0) is 14.4 Å². The van der Waals surface area contributed by atoms with Gasteiger partial charge >= 0.3 is 5.97 Å². The molecule has 1 fully saturated rings. The van der Waals surface area contributed by atoms with E-state index in [1.807, 2.05) is 20.8 Å². The number of aliphatic carboxylic acids is 1. The third-order valence-corrected chi connectivity index (χ3v) is 4.06. The molecular weight excluding hydrogens is 284 g/mol. The van der Waals surface area contributed by atoms with Gasteiger partial charge in [-0.2, -0.15) is 0 Å². The lowest BCUT2D eigenvalue weighted by atomic mass is 9.95. The van der Waals surface area contributed by atoms with E-state index in [9.17, 15) is 14.4 Å². The summed E-state index contributed by atoms with van der Waals surface area (Å²) in [4.78, 5) is 38.8. The number of hydrogen-bond acceptors (Lipinski definition) is 3. The van der Waals surface area contributed by atoms with Gasteiger partial charge in [-0.3, -0.25) is 14.4 Å². The van der Waals surface area contributed by atoms with Crippen molar-refractivity contribution in [2.24, 2.45) is 5.92 Å². The van der Waals surface area contributed by atoms with Crippen molar-refractivity contribution in [2.75, 3.05) is 19.6 Å². The molecule has 0 saturated carbocycles. The molecule has 1 heterocycles. The Bertz CT molecular complexity index is 409. The number of carboxylic acid groups (broad SMARTS) is 1. The average molecular weight is 312 g/mol. The van der Waals surface area contributed by atoms with E-state index in [1.165, 1.54) is 0 Å². The van der Waals surface area contributed by atoms with E-state index in [1.54, 1.807) is 9.80 Å². The first-order valence-electron chi connectivity index (χ1n) is 8.16. The van der Waals surface area contributed by atoms with Crippen molar-refractivity contribution in [3.05, 3.63) is 0 Å². The maximum atomic E-state index is 12.7. The Morgan fingerprint density at radius 1 is 1.27 bits per heavy atom. The molecule has 1 aliphatic heterocycles. The molecule has 1 rings (SSSR count). The van der Waals surface area contributed by atoms with Crippen LogP contribution < -0.4 is 0 Å². The van der Waals surface area contributed by atoms with Gasteiger partial charge in [0.15, 0.2) is 0 Å². The second-order valence-corrected chi connectivity index (χ2v) is 6.20. The summed E-state index contributed by atoms with van der Waals surface area (Å²) in [5.74, 6) is -1.01. The third kappa shape index (κ3) is 5.31. The molecule has 0 aromatic heterocycles. The highest BCUT2D eigenvalue weighted by atomic mass is 16.4. The SMILES string of the molecule is CCCC(=O)N1CCCC(C(=O)N(CCC(=O)O)C(C)C)C1. The van der Waals surface area contributed by atoms with Crippen LogP contribution in [0.1, 0.15) is 52.9 Å². The summed E-state index contributed by atoms with van der Waals surface area (Å²) < 4.78 is 0. The van der Waals surface area contributed by atoms with Gasteiger partial charge in [-0.25, -0.2) is 0 Å². The third-order valence-electron chi connectivity index (χ3n) is 4.06. The van der Waals surface area contributed by atoms with Crippen LogP contribution in [0, 0.1) is 5.92 Å². The van der Waals surface area contributed by atoms with Crippen molar-refractivity contribution >= 4 is 17.8 Å². The first kappa shape index (κ1) is 18.5. The number of hydrogen-bond donors (Lipinski definition) is 1. The number of piperidine rings is 1. The molecule has 6 nitrogen and oxygen atoms in total. The predicted molar refractivity (Wildman–Crippen MR) is 83.3 cm³/mol. The maximum absolute atomic E-state index is 12.7. The zero-order valence-electron chi connectivity index (χ0n) is 13.9. The molecule has 0 aromatic rings. The summed E-state index contributed by atoms with van der Waals surface area (Å²) in [7, 11) is 0. The Hall–Kier alpha value is -1.59. The number of carboxylic acids is 1. The molecule has 1 atom stereocenters. The van der Waals surface area contributed by atoms with Crippen LogP contribution in [0.4, 0.5) is 0 Å². The summed E-state index contributed by atoms with van der Waals surface area (Å²) in [5.41, 5.74) is 0. The fourth-order valence-electron chi connectivity index (χ4n) is 2.85. The Labute approximate surface area is 132 Å². The van der Waals surface area contributed by atoms with E-state index < -0.39 is 5.97 Å². The van der Waals surface area contributed by atoms with Crippen molar-refractivity contribution in [2.45, 2.75) is 58.9 Å². The van der Waals surface area contributed by atoms with Crippen molar-refractivity contribution in [1.29, 1.82) is 0 Å². The smallest absolute Gasteiger partial charge is 0.305 e. The van der Waals surface area contributed by atoms with Gasteiger partial charge in [0.25, 0.3) is 0 Å². The van der Waals surface area contributed by atoms with Crippen LogP contribution in [0.15, 0.2) is 0 Å². The van der Waals surface area contributed by atoms with Gasteiger partial charge in [-0.15, -0.1) is 0 Å². The van der Waals surface area contributed by atoms with Crippen molar-refractivity contribution in [3.8, 4) is 0 Å². The zero-order chi connectivity index (χ0) is 16.7. The summed E-state index contributed by atoms with van der Waals surface area (Å²) in [6.45, 7) is 7.17. The topological polar surface area (TPSA) is 77.9 Å². The van der Waals surface area contributed by atoms with Gasteiger partial charge in [0.05, 0.1) is 12.3 Å². The Morgan fingerprint density at radius 3 is 2.50 bits per heavy atom. The lowest BCUT2D eigenvalue weighted by Gasteiger charge is -2.36. The molecule has 1 unspecified atom stereocenters. The Balaban J connectivity index is 2.68. The first-order chi connectivity index (χ1) is 10.4. The van der Waals surface area contributed by atoms with E-state index in [2.05, 4.69) is 0 Å². The molecule has 0 spiro atoms. The summed E-state index contributed by atoms with van der Waals surface area (Å²) in [6.07, 6.45) is 2.88. The molecule has 1 aliphatic rings. The average Bonchev–Trinajstić information content (AvgIpc) is 2.47. The maximum Gasteiger partial charge on any atom is 0.305 e. The molecule has 0 radical (unpaired) electrons. The molecule has 2 amide bonds. The number of carbonyl (C=O) groups excluding carboxylic acids is 2. The molecule has 126 valence electrons. The number of rotatable bonds is 7. The summed E-state index contributed by atoms with van der Waals surface area (Å²) >= 11 is 0. The van der Waals surface area contributed by atoms with Gasteiger partial charge < -0.3 is 14.9 Å². The van der Waals surface area contributed by atoms with Crippen molar-refractivity contribution in [3.63, 3.8) is 0 Å². The fourth-order valence-corrected chi connectivity index (χ4v) is 2.85. The molecule has 0 bridgehead atoms. The van der Waals surface area contributed by atoms with E-state index in [0.29, 0.717) is 13.0 Å². The van der Waals surface area contributed by atoms with Gasteiger partial charge in [0.2, 0.25) is 11.8 Å². The quantitative estimate of drug-likeness (QED) is 0.776. The van der Waals surface area contributed by atoms with Crippen molar-refractivity contribution < 1.29 is 19.5 Å². The second kappa shape index (κ2) is 8.76. The minimum Gasteiger partial charge on any atom is -0.481 e. The molecular formula is C16H28N2O4. The second-order valence-electron chi connectivity index (χ2n) is 6.20. The monoisotopic (exact) mass is 312 g/mol. The summed E-state index contributed by atoms with van der Waals surface area (Å²) in [6, 6.07) is -0.0337. The Kier molecular flexibility index (Phi) is 7.35. The van der Waals surface area contributed by atoms with E-state index >= 15 is 0 Å². The number of carbonyl (C=O) groups is 3. The lowest BCUT2D eigenvalue weighted by Crippen LogP contribution is -2.49. The highest BCUT2D eigenvalue weighted by molar-refractivity contribution is 5.82. The van der Waals surface area contributed by atoms with Crippen molar-refractivity contribution in [1.82, 2.24) is 9.80 Å².